The quantitative estimate of drug-likeness (QED) is 0.214. The van der Waals surface area contributed by atoms with Crippen molar-refractivity contribution >= 4 is 17.5 Å². The minimum Gasteiger partial charge on any atom is -0.493 e. The van der Waals surface area contributed by atoms with Crippen molar-refractivity contribution in [2.45, 2.75) is 26.1 Å². The van der Waals surface area contributed by atoms with E-state index in [4.69, 9.17) is 25.8 Å². The van der Waals surface area contributed by atoms with Crippen molar-refractivity contribution in [2.24, 2.45) is 0 Å². The van der Waals surface area contributed by atoms with Crippen molar-refractivity contribution in [1.82, 2.24) is 4.90 Å². The third-order valence-corrected chi connectivity index (χ3v) is 6.32. The first-order valence-corrected chi connectivity index (χ1v) is 12.5. The molecular formula is C31H30ClNO4. The van der Waals surface area contributed by atoms with Crippen molar-refractivity contribution in [2.75, 3.05) is 13.7 Å². The standard InChI is InChI=1S/C31H30ClNO4/c1-23(26-11-7-4-8-12-26)33(31(34)22-36-28-16-14-27(32)15-17-28)20-25-13-18-29(35-2)30(19-25)37-21-24-9-5-3-6-10-24/h3-19,23H,20-22H2,1-2H3. The topological polar surface area (TPSA) is 48.0 Å². The Hall–Kier alpha value is -3.96. The summed E-state index contributed by atoms with van der Waals surface area (Å²) < 4.78 is 17.4. The molecule has 1 amide bonds. The molecule has 0 bridgehead atoms. The third-order valence-electron chi connectivity index (χ3n) is 6.06. The second-order valence-corrected chi connectivity index (χ2v) is 9.05. The van der Waals surface area contributed by atoms with Gasteiger partial charge in [-0.3, -0.25) is 4.79 Å². The highest BCUT2D eigenvalue weighted by Crippen LogP contribution is 2.31. The van der Waals surface area contributed by atoms with Gasteiger partial charge in [0.2, 0.25) is 0 Å². The van der Waals surface area contributed by atoms with Gasteiger partial charge in [0, 0.05) is 11.6 Å². The summed E-state index contributed by atoms with van der Waals surface area (Å²) in [6.45, 7) is 2.72. The van der Waals surface area contributed by atoms with Gasteiger partial charge in [0.25, 0.3) is 5.91 Å². The molecular weight excluding hydrogens is 486 g/mol. The number of halogens is 1. The van der Waals surface area contributed by atoms with Gasteiger partial charge in [0.15, 0.2) is 18.1 Å². The summed E-state index contributed by atoms with van der Waals surface area (Å²) >= 11 is 5.97. The van der Waals surface area contributed by atoms with Crippen molar-refractivity contribution in [3.8, 4) is 17.2 Å². The number of hydrogen-bond acceptors (Lipinski definition) is 4. The van der Waals surface area contributed by atoms with E-state index in [9.17, 15) is 4.79 Å². The van der Waals surface area contributed by atoms with Gasteiger partial charge in [-0.05, 0) is 60.0 Å². The zero-order valence-electron chi connectivity index (χ0n) is 21.0. The highest BCUT2D eigenvalue weighted by atomic mass is 35.5. The fraction of sp³-hybridized carbons (Fsp3) is 0.194. The van der Waals surface area contributed by atoms with Crippen LogP contribution in [0, 0.1) is 0 Å². The molecule has 0 radical (unpaired) electrons. The molecule has 0 aliphatic heterocycles. The van der Waals surface area contributed by atoms with E-state index in [1.807, 2.05) is 90.7 Å². The van der Waals surface area contributed by atoms with Crippen LogP contribution in [-0.4, -0.2) is 24.5 Å². The Morgan fingerprint density at radius 3 is 2.16 bits per heavy atom. The molecule has 6 heteroatoms. The number of rotatable bonds is 11. The van der Waals surface area contributed by atoms with Crippen LogP contribution in [0.5, 0.6) is 17.2 Å². The van der Waals surface area contributed by atoms with E-state index < -0.39 is 0 Å². The number of carbonyl (C=O) groups excluding carboxylic acids is 1. The summed E-state index contributed by atoms with van der Waals surface area (Å²) in [5, 5.41) is 0.614. The van der Waals surface area contributed by atoms with Crippen LogP contribution < -0.4 is 14.2 Å². The summed E-state index contributed by atoms with van der Waals surface area (Å²) in [5.74, 6) is 1.72. The number of hydrogen-bond donors (Lipinski definition) is 0. The molecule has 5 nitrogen and oxygen atoms in total. The van der Waals surface area contributed by atoms with Crippen molar-refractivity contribution in [3.05, 3.63) is 125 Å². The monoisotopic (exact) mass is 515 g/mol. The van der Waals surface area contributed by atoms with Crippen LogP contribution in [0.4, 0.5) is 0 Å². The summed E-state index contributed by atoms with van der Waals surface area (Å²) in [4.78, 5) is 15.3. The fourth-order valence-corrected chi connectivity index (χ4v) is 4.10. The maximum atomic E-state index is 13.4. The average Bonchev–Trinajstić information content (AvgIpc) is 2.95. The Morgan fingerprint density at radius 2 is 1.49 bits per heavy atom. The van der Waals surface area contributed by atoms with Gasteiger partial charge >= 0.3 is 0 Å². The van der Waals surface area contributed by atoms with E-state index in [1.54, 1.807) is 31.4 Å². The normalized spacial score (nSPS) is 11.4. The second kappa shape index (κ2) is 12.8. The molecule has 0 saturated carbocycles. The van der Waals surface area contributed by atoms with Crippen molar-refractivity contribution in [3.63, 3.8) is 0 Å². The van der Waals surface area contributed by atoms with E-state index >= 15 is 0 Å². The minimum atomic E-state index is -0.168. The number of amides is 1. The zero-order valence-corrected chi connectivity index (χ0v) is 21.7. The first-order valence-electron chi connectivity index (χ1n) is 12.1. The lowest BCUT2D eigenvalue weighted by molar-refractivity contribution is -0.136. The summed E-state index contributed by atoms with van der Waals surface area (Å²) in [5.41, 5.74) is 3.02. The van der Waals surface area contributed by atoms with Gasteiger partial charge in [0.05, 0.1) is 13.2 Å². The largest absolute Gasteiger partial charge is 0.493 e. The zero-order chi connectivity index (χ0) is 26.0. The van der Waals surface area contributed by atoms with Crippen LogP contribution in [0.15, 0.2) is 103 Å². The molecule has 0 fully saturated rings. The van der Waals surface area contributed by atoms with Gasteiger partial charge < -0.3 is 19.1 Å². The predicted octanol–water partition coefficient (Wildman–Crippen LogP) is 7.10. The van der Waals surface area contributed by atoms with E-state index in [0.29, 0.717) is 35.4 Å². The van der Waals surface area contributed by atoms with Gasteiger partial charge in [-0.1, -0.05) is 78.3 Å². The molecule has 37 heavy (non-hydrogen) atoms. The van der Waals surface area contributed by atoms with E-state index in [-0.39, 0.29) is 18.6 Å². The maximum Gasteiger partial charge on any atom is 0.261 e. The number of benzene rings is 4. The van der Waals surface area contributed by atoms with Crippen LogP contribution in [0.2, 0.25) is 5.02 Å². The molecule has 190 valence electrons. The number of methoxy groups -OCH3 is 1. The summed E-state index contributed by atoms with van der Waals surface area (Å²) in [6, 6.07) is 32.5. The lowest BCUT2D eigenvalue weighted by Gasteiger charge is -2.30. The summed E-state index contributed by atoms with van der Waals surface area (Å²) in [6.07, 6.45) is 0. The summed E-state index contributed by atoms with van der Waals surface area (Å²) in [7, 11) is 1.62. The second-order valence-electron chi connectivity index (χ2n) is 8.61. The van der Waals surface area contributed by atoms with E-state index in [0.717, 1.165) is 16.7 Å². The first-order chi connectivity index (χ1) is 18.0. The Bertz CT molecular complexity index is 1280. The lowest BCUT2D eigenvalue weighted by Crippen LogP contribution is -2.36. The predicted molar refractivity (Wildman–Crippen MR) is 146 cm³/mol. The van der Waals surface area contributed by atoms with Crippen LogP contribution in [0.25, 0.3) is 0 Å². The van der Waals surface area contributed by atoms with Gasteiger partial charge in [0.1, 0.15) is 12.4 Å². The smallest absolute Gasteiger partial charge is 0.261 e. The number of ether oxygens (including phenoxy) is 3. The van der Waals surface area contributed by atoms with Crippen LogP contribution in [0.1, 0.15) is 29.7 Å². The van der Waals surface area contributed by atoms with Crippen molar-refractivity contribution < 1.29 is 19.0 Å². The SMILES string of the molecule is COc1ccc(CN(C(=O)COc2ccc(Cl)cc2)C(C)c2ccccc2)cc1OCc1ccccc1. The van der Waals surface area contributed by atoms with Gasteiger partial charge in [-0.25, -0.2) is 0 Å². The molecule has 4 aromatic carbocycles. The third kappa shape index (κ3) is 7.28. The minimum absolute atomic E-state index is 0.0909. The molecule has 0 aliphatic carbocycles. The molecule has 0 N–H and O–H groups in total. The van der Waals surface area contributed by atoms with Crippen LogP contribution in [0.3, 0.4) is 0 Å². The Labute approximate surface area is 223 Å². The van der Waals surface area contributed by atoms with Crippen LogP contribution in [-0.2, 0) is 17.9 Å². The number of carbonyl (C=O) groups is 1. The molecule has 1 atom stereocenters. The van der Waals surface area contributed by atoms with E-state index in [2.05, 4.69) is 0 Å². The first kappa shape index (κ1) is 26.1. The Kier molecular flexibility index (Phi) is 9.06. The molecule has 0 aromatic heterocycles. The van der Waals surface area contributed by atoms with Gasteiger partial charge in [-0.2, -0.15) is 0 Å². The molecule has 4 aromatic rings. The molecule has 0 saturated heterocycles. The number of nitrogens with zero attached hydrogens (tertiary/aromatic N) is 1. The Balaban J connectivity index is 1.54. The highest BCUT2D eigenvalue weighted by Gasteiger charge is 2.23. The molecule has 0 aliphatic rings. The van der Waals surface area contributed by atoms with Gasteiger partial charge in [-0.15, -0.1) is 0 Å². The molecule has 4 rings (SSSR count). The highest BCUT2D eigenvalue weighted by molar-refractivity contribution is 6.30. The van der Waals surface area contributed by atoms with Crippen molar-refractivity contribution in [1.29, 1.82) is 0 Å². The molecule has 0 spiro atoms. The van der Waals surface area contributed by atoms with E-state index in [1.165, 1.54) is 0 Å². The maximum absolute atomic E-state index is 13.4. The lowest BCUT2D eigenvalue weighted by atomic mass is 10.1. The fourth-order valence-electron chi connectivity index (χ4n) is 3.98. The molecule has 1 unspecified atom stereocenters. The van der Waals surface area contributed by atoms with Crippen LogP contribution >= 0.6 is 11.6 Å². The molecule has 0 heterocycles. The average molecular weight is 516 g/mol. The Morgan fingerprint density at radius 1 is 0.811 bits per heavy atom.